The van der Waals surface area contributed by atoms with Crippen LogP contribution >= 0.6 is 11.8 Å². The predicted octanol–water partition coefficient (Wildman–Crippen LogP) is 2.04. The second kappa shape index (κ2) is 7.88. The quantitative estimate of drug-likeness (QED) is 0.605. The smallest absolute Gasteiger partial charge is 0.161 e. The van der Waals surface area contributed by atoms with E-state index in [4.69, 9.17) is 25.7 Å². The van der Waals surface area contributed by atoms with Gasteiger partial charge in [-0.2, -0.15) is 0 Å². The van der Waals surface area contributed by atoms with Crippen LogP contribution in [0.15, 0.2) is 18.2 Å². The Balaban J connectivity index is 2.94. The Morgan fingerprint density at radius 2 is 2.06 bits per heavy atom. The van der Waals surface area contributed by atoms with Gasteiger partial charge in [-0.1, -0.05) is 23.7 Å². The second-order valence-electron chi connectivity index (χ2n) is 3.26. The normalized spacial score (nSPS) is 11.7. The Kier molecular flexibility index (Phi) is 6.44. The lowest BCUT2D eigenvalue weighted by Gasteiger charge is -2.17. The highest BCUT2D eigenvalue weighted by atomic mass is 32.2. The van der Waals surface area contributed by atoms with E-state index in [-0.39, 0.29) is 18.0 Å². The Morgan fingerprint density at radius 1 is 1.33 bits per heavy atom. The van der Waals surface area contributed by atoms with E-state index < -0.39 is 0 Å². The van der Waals surface area contributed by atoms with Gasteiger partial charge >= 0.3 is 0 Å². The molecule has 4 nitrogen and oxygen atoms in total. The van der Waals surface area contributed by atoms with Crippen LogP contribution in [0.5, 0.6) is 11.5 Å². The summed E-state index contributed by atoms with van der Waals surface area (Å²) in [7, 11) is 3.14. The number of hydrogen-bond donors (Lipinski definition) is 1. The van der Waals surface area contributed by atoms with Crippen LogP contribution in [-0.2, 0) is 4.74 Å². The Bertz CT molecular complexity index is 414. The molecule has 0 amide bonds. The highest BCUT2D eigenvalue weighted by Gasteiger charge is 2.14. The summed E-state index contributed by atoms with van der Waals surface area (Å²) in [4.78, 5) is 0. The second-order valence-corrected chi connectivity index (χ2v) is 4.28. The first-order valence-corrected chi connectivity index (χ1v) is 6.31. The number of terminal acetylenes is 1. The van der Waals surface area contributed by atoms with Crippen LogP contribution in [-0.4, -0.2) is 31.9 Å². The molecule has 0 saturated carbocycles. The number of thioether (sulfide) groups is 1. The molecule has 0 heterocycles. The summed E-state index contributed by atoms with van der Waals surface area (Å²) < 4.78 is 15.8. The number of benzene rings is 1. The average Bonchev–Trinajstić information content (AvgIpc) is 2.42. The van der Waals surface area contributed by atoms with Gasteiger partial charge in [0.05, 0.1) is 20.2 Å². The van der Waals surface area contributed by atoms with Crippen LogP contribution in [0.25, 0.3) is 0 Å². The number of aliphatic hydroxyl groups is 1. The number of hydrogen-bond acceptors (Lipinski definition) is 5. The molecule has 98 valence electrons. The molecule has 0 fully saturated rings. The summed E-state index contributed by atoms with van der Waals surface area (Å²) in [6.45, 7) is 0.187. The monoisotopic (exact) mass is 268 g/mol. The molecule has 0 unspecified atom stereocenters. The fraction of sp³-hybridized carbons (Fsp3) is 0.385. The molecular formula is C13H16O4S. The van der Waals surface area contributed by atoms with Crippen molar-refractivity contribution >= 4 is 11.8 Å². The maximum atomic E-state index is 9.00. The third-order valence-electron chi connectivity index (χ3n) is 2.22. The van der Waals surface area contributed by atoms with Gasteiger partial charge in [-0.3, -0.25) is 0 Å². The maximum Gasteiger partial charge on any atom is 0.161 e. The van der Waals surface area contributed by atoms with E-state index in [2.05, 4.69) is 5.92 Å². The van der Waals surface area contributed by atoms with E-state index >= 15 is 0 Å². The van der Waals surface area contributed by atoms with Gasteiger partial charge in [-0.05, 0) is 17.7 Å². The van der Waals surface area contributed by atoms with Gasteiger partial charge in [-0.15, -0.1) is 6.42 Å². The van der Waals surface area contributed by atoms with Gasteiger partial charge in [-0.25, -0.2) is 0 Å². The number of methoxy groups -OCH3 is 2. The lowest BCUT2D eigenvalue weighted by atomic mass is 10.2. The molecule has 0 saturated heterocycles. The summed E-state index contributed by atoms with van der Waals surface area (Å²) in [5.41, 5.74) is 0.535. The molecule has 1 atom stereocenters. The molecule has 0 aromatic heterocycles. The summed E-state index contributed by atoms with van der Waals surface area (Å²) >= 11 is 1.24. The molecule has 18 heavy (non-hydrogen) atoms. The fourth-order valence-corrected chi connectivity index (χ4v) is 2.07. The number of aliphatic hydroxyl groups excluding tert-OH is 1. The molecular weight excluding hydrogens is 252 g/mol. The zero-order valence-electron chi connectivity index (χ0n) is 10.4. The molecule has 1 aromatic carbocycles. The minimum absolute atomic E-state index is 0.0520. The molecule has 1 N–H and O–H groups in total. The van der Waals surface area contributed by atoms with E-state index in [0.29, 0.717) is 11.5 Å². The topological polar surface area (TPSA) is 47.9 Å². The first-order valence-electron chi connectivity index (χ1n) is 5.26. The lowest BCUT2D eigenvalue weighted by Crippen LogP contribution is -2.03. The maximum absolute atomic E-state index is 9.00. The van der Waals surface area contributed by atoms with Crippen molar-refractivity contribution in [2.75, 3.05) is 26.8 Å². The third kappa shape index (κ3) is 3.84. The van der Waals surface area contributed by atoms with E-state index in [1.54, 1.807) is 20.3 Å². The zero-order valence-corrected chi connectivity index (χ0v) is 11.2. The van der Waals surface area contributed by atoms with Gasteiger partial charge in [0, 0.05) is 0 Å². The molecule has 1 aromatic rings. The minimum atomic E-state index is -0.328. The van der Waals surface area contributed by atoms with Crippen molar-refractivity contribution in [3.8, 4) is 23.8 Å². The van der Waals surface area contributed by atoms with Gasteiger partial charge in [0.1, 0.15) is 12.0 Å². The highest BCUT2D eigenvalue weighted by Crippen LogP contribution is 2.35. The third-order valence-corrected chi connectivity index (χ3v) is 3.08. The predicted molar refractivity (Wildman–Crippen MR) is 71.7 cm³/mol. The molecule has 1 rings (SSSR count). The highest BCUT2D eigenvalue weighted by molar-refractivity contribution is 7.99. The van der Waals surface area contributed by atoms with Crippen LogP contribution in [0, 0.1) is 12.3 Å². The van der Waals surface area contributed by atoms with Crippen molar-refractivity contribution in [2.45, 2.75) is 5.44 Å². The van der Waals surface area contributed by atoms with Crippen LogP contribution in [0.2, 0.25) is 0 Å². The summed E-state index contributed by atoms with van der Waals surface area (Å²) in [5.74, 6) is 3.61. The van der Waals surface area contributed by atoms with Crippen molar-refractivity contribution in [1.82, 2.24) is 0 Å². The van der Waals surface area contributed by atoms with Crippen LogP contribution in [0.4, 0.5) is 0 Å². The first-order chi connectivity index (χ1) is 8.76. The lowest BCUT2D eigenvalue weighted by molar-refractivity contribution is 0.143. The van der Waals surface area contributed by atoms with E-state index in [1.165, 1.54) is 11.8 Å². The summed E-state index contributed by atoms with van der Waals surface area (Å²) in [5, 5.41) is 9.00. The fourth-order valence-electron chi connectivity index (χ4n) is 1.43. The molecule has 0 bridgehead atoms. The zero-order chi connectivity index (χ0) is 13.4. The van der Waals surface area contributed by atoms with Crippen LogP contribution in [0.3, 0.4) is 0 Å². The Morgan fingerprint density at radius 3 is 2.61 bits per heavy atom. The van der Waals surface area contributed by atoms with Crippen LogP contribution in [0.1, 0.15) is 11.0 Å². The standard InChI is InChI=1S/C13H16O4S/c1-4-7-17-13(18-9-14)10-5-6-11(15-2)12(8-10)16-3/h1,5-6,8,13-14H,7,9H2,2-3H3/t13-/m0/s1. The van der Waals surface area contributed by atoms with Crippen molar-refractivity contribution < 1.29 is 19.3 Å². The molecule has 0 aliphatic carbocycles. The minimum Gasteiger partial charge on any atom is -0.493 e. The Labute approximate surface area is 111 Å². The summed E-state index contributed by atoms with van der Waals surface area (Å²) in [6.07, 6.45) is 5.16. The molecule has 0 radical (unpaired) electrons. The van der Waals surface area contributed by atoms with Gasteiger partial charge < -0.3 is 19.3 Å². The largest absolute Gasteiger partial charge is 0.493 e. The van der Waals surface area contributed by atoms with Crippen LogP contribution < -0.4 is 9.47 Å². The SMILES string of the molecule is C#CCO[C@@H](SCO)c1ccc(OC)c(OC)c1. The van der Waals surface area contributed by atoms with Crippen molar-refractivity contribution in [3.63, 3.8) is 0 Å². The van der Waals surface area contributed by atoms with E-state index in [0.717, 1.165) is 5.56 Å². The molecule has 0 aliphatic rings. The number of ether oxygens (including phenoxy) is 3. The summed E-state index contributed by atoms with van der Waals surface area (Å²) in [6, 6.07) is 5.45. The van der Waals surface area contributed by atoms with E-state index in [1.807, 2.05) is 12.1 Å². The Hall–Kier alpha value is -1.35. The first kappa shape index (κ1) is 14.7. The van der Waals surface area contributed by atoms with Crippen molar-refractivity contribution in [3.05, 3.63) is 23.8 Å². The van der Waals surface area contributed by atoms with E-state index in [9.17, 15) is 0 Å². The van der Waals surface area contributed by atoms with Crippen molar-refractivity contribution in [2.24, 2.45) is 0 Å². The number of rotatable bonds is 7. The van der Waals surface area contributed by atoms with Gasteiger partial charge in [0.25, 0.3) is 0 Å². The molecule has 0 aliphatic heterocycles. The molecule has 5 heteroatoms. The average molecular weight is 268 g/mol. The molecule has 0 spiro atoms. The van der Waals surface area contributed by atoms with Gasteiger partial charge in [0.2, 0.25) is 0 Å². The van der Waals surface area contributed by atoms with Crippen molar-refractivity contribution in [1.29, 1.82) is 0 Å². The van der Waals surface area contributed by atoms with Gasteiger partial charge in [0.15, 0.2) is 11.5 Å².